The van der Waals surface area contributed by atoms with Gasteiger partial charge in [-0.3, -0.25) is 43.4 Å². The third-order valence-electron chi connectivity index (χ3n) is 13.4. The molecule has 76 heavy (non-hydrogen) atoms. The van der Waals surface area contributed by atoms with Crippen LogP contribution in [0.25, 0.3) is 21.8 Å². The fourth-order valence-electron chi connectivity index (χ4n) is 8.61. The van der Waals surface area contributed by atoms with E-state index in [1.165, 1.54) is 62.5 Å². The zero-order valence-corrected chi connectivity index (χ0v) is 46.2. The summed E-state index contributed by atoms with van der Waals surface area (Å²) >= 11 is 0. The van der Waals surface area contributed by atoms with Crippen molar-refractivity contribution in [3.63, 3.8) is 0 Å². The van der Waals surface area contributed by atoms with Crippen LogP contribution in [0, 0.1) is 0 Å². The number of hydrogen-bond acceptors (Lipinski definition) is 16. The van der Waals surface area contributed by atoms with E-state index in [0.29, 0.717) is 79.7 Å². The molecule has 0 aliphatic carbocycles. The SMILES string of the molecule is COC(=O)C(C)(C)NC(=O)C(C)(C)NC(=O)[C@H](CN1CCNCCNCC1)NC(=O)C(C)(C)NC(=O)C(C)(C)NC(=O)[C@H](CN1CCNCCNCC1)NC(=O)C(C)(C)NC(=O)c1c2ccccc2nc2ccccc12. The Morgan fingerprint density at radius 1 is 0.487 bits per heavy atom. The van der Waals surface area contributed by atoms with Crippen molar-refractivity contribution < 1.29 is 43.1 Å². The van der Waals surface area contributed by atoms with Gasteiger partial charge in [-0.1, -0.05) is 36.4 Å². The molecule has 0 spiro atoms. The van der Waals surface area contributed by atoms with Crippen LogP contribution >= 0.6 is 0 Å². The molecule has 0 saturated carbocycles. The second kappa shape index (κ2) is 26.1. The number of nitrogens with zero attached hydrogens (tertiary/aromatic N) is 3. The number of benzene rings is 2. The molecular weight excluding hydrogens is 977 g/mol. The summed E-state index contributed by atoms with van der Waals surface area (Å²) in [5, 5.41) is 34.1. The van der Waals surface area contributed by atoms with Crippen molar-refractivity contribution in [3.05, 3.63) is 54.1 Å². The van der Waals surface area contributed by atoms with Crippen molar-refractivity contribution in [3.8, 4) is 0 Å². The number of nitrogens with one attached hydrogen (secondary N) is 11. The van der Waals surface area contributed by atoms with E-state index in [9.17, 15) is 38.4 Å². The summed E-state index contributed by atoms with van der Waals surface area (Å²) in [6, 6.07) is 12.0. The number of carbonyl (C=O) groups excluding carboxylic acids is 8. The van der Waals surface area contributed by atoms with E-state index in [0.717, 1.165) is 26.2 Å². The second-order valence-electron chi connectivity index (χ2n) is 22.1. The molecule has 2 fully saturated rings. The molecule has 3 heterocycles. The Balaban J connectivity index is 1.33. The van der Waals surface area contributed by atoms with Crippen LogP contribution in [0.4, 0.5) is 0 Å². The van der Waals surface area contributed by atoms with Crippen LogP contribution in [0.3, 0.4) is 0 Å². The van der Waals surface area contributed by atoms with Crippen LogP contribution in [-0.2, 0) is 38.3 Å². The quantitative estimate of drug-likeness (QED) is 0.0487. The van der Waals surface area contributed by atoms with Gasteiger partial charge < -0.3 is 63.2 Å². The lowest BCUT2D eigenvalue weighted by Crippen LogP contribution is -2.68. The van der Waals surface area contributed by atoms with Gasteiger partial charge in [-0.2, -0.15) is 0 Å². The molecule has 2 saturated heterocycles. The number of fused-ring (bicyclic) bond motifs is 2. The summed E-state index contributed by atoms with van der Waals surface area (Å²) < 4.78 is 4.83. The number of carbonyl (C=O) groups is 8. The van der Waals surface area contributed by atoms with E-state index in [1.54, 1.807) is 26.0 Å². The van der Waals surface area contributed by atoms with Crippen LogP contribution in [-0.4, -0.2) is 201 Å². The highest BCUT2D eigenvalue weighted by molar-refractivity contribution is 6.17. The average Bonchev–Trinajstić information content (AvgIpc) is 3.57. The Bertz CT molecular complexity index is 2510. The van der Waals surface area contributed by atoms with Gasteiger partial charge in [-0.25, -0.2) is 9.78 Å². The van der Waals surface area contributed by atoms with Gasteiger partial charge in [0.2, 0.25) is 35.4 Å². The summed E-state index contributed by atoms with van der Waals surface area (Å²) in [5.74, 6) is -5.43. The van der Waals surface area contributed by atoms with Gasteiger partial charge in [0.05, 0.1) is 23.7 Å². The van der Waals surface area contributed by atoms with Crippen molar-refractivity contribution in [1.29, 1.82) is 0 Å². The lowest BCUT2D eigenvalue weighted by atomic mass is 9.97. The monoisotopic (exact) mass is 1060 g/mol. The van der Waals surface area contributed by atoms with E-state index in [2.05, 4.69) is 58.5 Å². The first-order chi connectivity index (χ1) is 35.7. The molecule has 3 aromatic rings. The van der Waals surface area contributed by atoms with Crippen LogP contribution in [0.2, 0.25) is 0 Å². The van der Waals surface area contributed by atoms with Crippen molar-refractivity contribution in [2.75, 3.05) is 98.7 Å². The molecule has 2 aliphatic rings. The van der Waals surface area contributed by atoms with Gasteiger partial charge in [0.15, 0.2) is 0 Å². The Labute approximate surface area is 446 Å². The minimum atomic E-state index is -1.68. The van der Waals surface area contributed by atoms with E-state index < -0.39 is 87.1 Å². The summed E-state index contributed by atoms with van der Waals surface area (Å²) in [7, 11) is 1.20. The van der Waals surface area contributed by atoms with Gasteiger partial charge in [-0.15, -0.1) is 0 Å². The maximum Gasteiger partial charge on any atom is 0.330 e. The average molecular weight is 1060 g/mol. The third kappa shape index (κ3) is 16.6. The number of hydrogen-bond donors (Lipinski definition) is 11. The molecule has 0 radical (unpaired) electrons. The molecular formula is C53H82N14O9. The van der Waals surface area contributed by atoms with E-state index in [-0.39, 0.29) is 13.1 Å². The Hall–Kier alpha value is -6.37. The molecule has 2 aliphatic heterocycles. The minimum Gasteiger partial charge on any atom is -0.467 e. The fourth-order valence-corrected chi connectivity index (χ4v) is 8.61. The van der Waals surface area contributed by atoms with Gasteiger partial charge in [0.25, 0.3) is 5.91 Å². The van der Waals surface area contributed by atoms with Crippen LogP contribution in [0.15, 0.2) is 48.5 Å². The standard InChI is InChI=1S/C53H82N14O9/c1-49(2,63-43(70)40-34-16-12-14-18-36(34)58-37-19-15-13-17-35(37)40)44(71)59-38(32-66-28-24-54-20-21-55-25-29-66)41(68)61-51(5,6)46(73)64-50(3,4)45(72)60-39(33-67-30-26-56-22-23-57-27-31-67)42(69)62-52(7,8)47(74)65-53(9,10)48(75)76-11/h12-19,38-39,54-57H,20-33H2,1-11H3,(H,59,71)(H,60,72)(H,61,68)(H,62,69)(H,63,70)(H,64,73)(H,65,74)/t38-,39-/m0/s1. The molecule has 1 aromatic heterocycles. The maximum atomic E-state index is 14.6. The summed E-state index contributed by atoms with van der Waals surface area (Å²) in [5.41, 5.74) is -6.34. The summed E-state index contributed by atoms with van der Waals surface area (Å²) in [6.45, 7) is 22.5. The molecule has 418 valence electrons. The smallest absolute Gasteiger partial charge is 0.330 e. The zero-order valence-electron chi connectivity index (χ0n) is 46.2. The highest BCUT2D eigenvalue weighted by Crippen LogP contribution is 2.27. The third-order valence-corrected chi connectivity index (χ3v) is 13.4. The molecule has 7 amide bonds. The second-order valence-corrected chi connectivity index (χ2v) is 22.1. The molecule has 2 aromatic carbocycles. The Kier molecular flexibility index (Phi) is 20.8. The first kappa shape index (κ1) is 60.5. The lowest BCUT2D eigenvalue weighted by molar-refractivity contribution is -0.150. The zero-order chi connectivity index (χ0) is 56.1. The lowest BCUT2D eigenvalue weighted by Gasteiger charge is -2.36. The Morgan fingerprint density at radius 2 is 0.829 bits per heavy atom. The highest BCUT2D eigenvalue weighted by atomic mass is 16.5. The highest BCUT2D eigenvalue weighted by Gasteiger charge is 2.43. The molecule has 0 bridgehead atoms. The number of rotatable bonds is 19. The normalized spacial score (nSPS) is 16.9. The van der Waals surface area contributed by atoms with Gasteiger partial charge >= 0.3 is 5.97 Å². The van der Waals surface area contributed by atoms with Crippen LogP contribution in [0.5, 0.6) is 0 Å². The van der Waals surface area contributed by atoms with Crippen molar-refractivity contribution in [2.45, 2.75) is 109 Å². The van der Waals surface area contributed by atoms with Gasteiger partial charge in [0, 0.05) is 102 Å². The van der Waals surface area contributed by atoms with Gasteiger partial charge in [0.1, 0.15) is 39.8 Å². The first-order valence-corrected chi connectivity index (χ1v) is 26.0. The number of esters is 1. The van der Waals surface area contributed by atoms with Crippen molar-refractivity contribution >= 4 is 69.1 Å². The predicted molar refractivity (Wildman–Crippen MR) is 290 cm³/mol. The maximum absolute atomic E-state index is 14.6. The number of amides is 7. The molecule has 23 heteroatoms. The molecule has 23 nitrogen and oxygen atoms in total. The number of pyridine rings is 1. The molecule has 2 atom stereocenters. The largest absolute Gasteiger partial charge is 0.467 e. The van der Waals surface area contributed by atoms with Crippen LogP contribution < -0.4 is 58.5 Å². The Morgan fingerprint density at radius 3 is 1.21 bits per heavy atom. The first-order valence-electron chi connectivity index (χ1n) is 26.0. The number of para-hydroxylation sites is 2. The number of ether oxygens (including phenoxy) is 1. The van der Waals surface area contributed by atoms with E-state index in [1.807, 2.05) is 46.2 Å². The molecule has 0 unspecified atom stereocenters. The predicted octanol–water partition coefficient (Wildman–Crippen LogP) is -1.39. The summed E-state index contributed by atoms with van der Waals surface area (Å²) in [4.78, 5) is 121. The minimum absolute atomic E-state index is 0.0339. The van der Waals surface area contributed by atoms with Gasteiger partial charge in [-0.05, 0) is 81.4 Å². The number of methoxy groups -OCH3 is 1. The molecule has 11 N–H and O–H groups in total. The topological polar surface area (TPSA) is 297 Å². The van der Waals surface area contributed by atoms with Crippen molar-refractivity contribution in [1.82, 2.24) is 73.3 Å². The number of aromatic nitrogens is 1. The van der Waals surface area contributed by atoms with E-state index >= 15 is 0 Å². The fraction of sp³-hybridized carbons (Fsp3) is 0.604. The summed E-state index contributed by atoms with van der Waals surface area (Å²) in [6.07, 6.45) is 0. The van der Waals surface area contributed by atoms with Crippen LogP contribution in [0.1, 0.15) is 79.6 Å². The van der Waals surface area contributed by atoms with Crippen molar-refractivity contribution in [2.24, 2.45) is 0 Å². The molecule has 5 rings (SSSR count). The van der Waals surface area contributed by atoms with E-state index in [4.69, 9.17) is 9.72 Å².